The molecule has 5 aromatic carbocycles. The third-order valence-corrected chi connectivity index (χ3v) is 5.16. The summed E-state index contributed by atoms with van der Waals surface area (Å²) >= 11 is 0. The first-order valence-electron chi connectivity index (χ1n) is 9.80. The van der Waals surface area contributed by atoms with Crippen LogP contribution in [0.15, 0.2) is 121 Å². The first-order chi connectivity index (χ1) is 14.4. The van der Waals surface area contributed by atoms with Crippen molar-refractivity contribution in [1.29, 1.82) is 0 Å². The molecule has 0 spiro atoms. The average molecular weight is 370 g/mol. The van der Waals surface area contributed by atoms with Gasteiger partial charge in [0.15, 0.2) is 0 Å². The Morgan fingerprint density at radius 2 is 1.14 bits per heavy atom. The van der Waals surface area contributed by atoms with E-state index in [-0.39, 0.29) is 0 Å². The molecule has 1 nitrogen and oxygen atoms in total. The number of hydrogen-bond donors (Lipinski definition) is 0. The van der Waals surface area contributed by atoms with Crippen molar-refractivity contribution >= 4 is 27.8 Å². The van der Waals surface area contributed by atoms with Crippen LogP contribution in [0.5, 0.6) is 0 Å². The van der Waals surface area contributed by atoms with E-state index in [0.717, 1.165) is 17.1 Å². The van der Waals surface area contributed by atoms with Gasteiger partial charge in [0, 0.05) is 17.4 Å². The minimum atomic E-state index is 1.03. The number of fused-ring (bicyclic) bond motifs is 1. The molecular weight excluding hydrogens is 350 g/mol. The fourth-order valence-electron chi connectivity index (χ4n) is 3.70. The fraction of sp³-hybridized carbons (Fsp3) is 0. The number of anilines is 3. The zero-order valence-corrected chi connectivity index (χ0v) is 16.0. The average Bonchev–Trinajstić information content (AvgIpc) is 2.81. The Balaban J connectivity index is 1.54. The molecule has 29 heavy (non-hydrogen) atoms. The van der Waals surface area contributed by atoms with Gasteiger partial charge in [0.1, 0.15) is 0 Å². The number of benzene rings is 5. The quantitative estimate of drug-likeness (QED) is 0.312. The molecule has 0 unspecified atom stereocenters. The van der Waals surface area contributed by atoms with E-state index in [4.69, 9.17) is 0 Å². The summed E-state index contributed by atoms with van der Waals surface area (Å²) in [6.45, 7) is 0. The third-order valence-electron chi connectivity index (χ3n) is 5.16. The van der Waals surface area contributed by atoms with Gasteiger partial charge in [-0.25, -0.2) is 0 Å². The number of hydrogen-bond acceptors (Lipinski definition) is 1. The second-order valence-corrected chi connectivity index (χ2v) is 7.03. The molecule has 0 amide bonds. The molecule has 0 saturated carbocycles. The van der Waals surface area contributed by atoms with Crippen molar-refractivity contribution in [2.24, 2.45) is 0 Å². The van der Waals surface area contributed by atoms with Gasteiger partial charge in [0.05, 0.1) is 5.69 Å². The van der Waals surface area contributed by atoms with Crippen molar-refractivity contribution in [2.75, 3.05) is 4.90 Å². The molecule has 5 rings (SSSR count). The maximum atomic E-state index is 3.36. The zero-order chi connectivity index (χ0) is 19.5. The summed E-state index contributed by atoms with van der Waals surface area (Å²) in [6.07, 6.45) is 0. The van der Waals surface area contributed by atoms with Crippen LogP contribution in [-0.2, 0) is 0 Å². The molecule has 0 aromatic heterocycles. The highest BCUT2D eigenvalue weighted by molar-refractivity contribution is 5.87. The summed E-state index contributed by atoms with van der Waals surface area (Å²) in [5.74, 6) is 0. The van der Waals surface area contributed by atoms with Gasteiger partial charge in [-0.1, -0.05) is 84.9 Å². The van der Waals surface area contributed by atoms with Crippen LogP contribution in [0.3, 0.4) is 0 Å². The number of para-hydroxylation sites is 2. The lowest BCUT2D eigenvalue weighted by Crippen LogP contribution is -2.09. The van der Waals surface area contributed by atoms with E-state index in [1.54, 1.807) is 0 Å². The molecule has 0 aliphatic carbocycles. The minimum Gasteiger partial charge on any atom is -0.310 e. The Bertz CT molecular complexity index is 1190. The minimum absolute atomic E-state index is 1.03. The number of nitrogens with zero attached hydrogens (tertiary/aromatic N) is 1. The molecule has 0 aliphatic rings. The van der Waals surface area contributed by atoms with Crippen LogP contribution in [0, 0.1) is 6.07 Å². The predicted molar refractivity (Wildman–Crippen MR) is 123 cm³/mol. The van der Waals surface area contributed by atoms with Crippen molar-refractivity contribution in [1.82, 2.24) is 0 Å². The second kappa shape index (κ2) is 7.65. The summed E-state index contributed by atoms with van der Waals surface area (Å²) in [4.78, 5) is 2.23. The molecule has 0 aliphatic heterocycles. The van der Waals surface area contributed by atoms with E-state index in [1.165, 1.54) is 21.9 Å². The SMILES string of the molecule is [c]1ccccc1N(c1ccccc1)c1ccc(-c2ccc3ccccc3c2)cc1. The van der Waals surface area contributed by atoms with Crippen LogP contribution < -0.4 is 4.90 Å². The Kier molecular flexibility index (Phi) is 4.56. The van der Waals surface area contributed by atoms with E-state index in [9.17, 15) is 0 Å². The molecule has 5 aromatic rings. The van der Waals surface area contributed by atoms with E-state index >= 15 is 0 Å². The molecule has 0 fully saturated rings. The summed E-state index contributed by atoms with van der Waals surface area (Å²) in [5, 5.41) is 2.53. The van der Waals surface area contributed by atoms with Gasteiger partial charge < -0.3 is 4.90 Å². The highest BCUT2D eigenvalue weighted by Crippen LogP contribution is 2.35. The molecule has 1 radical (unpaired) electrons. The largest absolute Gasteiger partial charge is 0.310 e. The number of rotatable bonds is 4. The summed E-state index contributed by atoms with van der Waals surface area (Å²) in [6, 6.07) is 45.7. The van der Waals surface area contributed by atoms with Crippen molar-refractivity contribution in [3.63, 3.8) is 0 Å². The molecule has 0 heterocycles. The van der Waals surface area contributed by atoms with E-state index < -0.39 is 0 Å². The maximum absolute atomic E-state index is 3.36. The Hall–Kier alpha value is -3.84. The predicted octanol–water partition coefficient (Wildman–Crippen LogP) is 7.78. The van der Waals surface area contributed by atoms with Crippen molar-refractivity contribution in [2.45, 2.75) is 0 Å². The van der Waals surface area contributed by atoms with Gasteiger partial charge in [0.2, 0.25) is 0 Å². The van der Waals surface area contributed by atoms with Crippen LogP contribution >= 0.6 is 0 Å². The van der Waals surface area contributed by atoms with Crippen molar-refractivity contribution in [3.8, 4) is 11.1 Å². The fourth-order valence-corrected chi connectivity index (χ4v) is 3.70. The lowest BCUT2D eigenvalue weighted by Gasteiger charge is -2.25. The molecule has 0 atom stereocenters. The van der Waals surface area contributed by atoms with Crippen LogP contribution in [0.2, 0.25) is 0 Å². The standard InChI is InChI=1S/C28H20N/c1-3-11-26(12-4-1)29(27-13-5-2-6-14-27)28-19-17-23(18-20-28)25-16-15-22-9-7-8-10-24(22)21-25/h1-13,15-21H. The lowest BCUT2D eigenvalue weighted by molar-refractivity contribution is 1.28. The third kappa shape index (κ3) is 3.51. The summed E-state index contributed by atoms with van der Waals surface area (Å²) in [5.41, 5.74) is 5.70. The molecule has 137 valence electrons. The molecule has 1 heteroatoms. The highest BCUT2D eigenvalue weighted by atomic mass is 15.1. The van der Waals surface area contributed by atoms with Crippen LogP contribution in [0.25, 0.3) is 21.9 Å². The maximum Gasteiger partial charge on any atom is 0.0540 e. The Labute approximate surface area is 171 Å². The van der Waals surface area contributed by atoms with Crippen LogP contribution in [0.1, 0.15) is 0 Å². The van der Waals surface area contributed by atoms with Gasteiger partial charge in [-0.15, -0.1) is 0 Å². The van der Waals surface area contributed by atoms with E-state index in [0.29, 0.717) is 0 Å². The first-order valence-corrected chi connectivity index (χ1v) is 9.80. The Morgan fingerprint density at radius 3 is 1.90 bits per heavy atom. The normalized spacial score (nSPS) is 10.8. The smallest absolute Gasteiger partial charge is 0.0540 e. The van der Waals surface area contributed by atoms with Gasteiger partial charge in [-0.05, 0) is 58.3 Å². The monoisotopic (exact) mass is 370 g/mol. The lowest BCUT2D eigenvalue weighted by atomic mass is 10.0. The van der Waals surface area contributed by atoms with Crippen LogP contribution in [-0.4, -0.2) is 0 Å². The van der Waals surface area contributed by atoms with Gasteiger partial charge >= 0.3 is 0 Å². The van der Waals surface area contributed by atoms with E-state index in [1.807, 2.05) is 24.3 Å². The molecule has 0 bridgehead atoms. The van der Waals surface area contributed by atoms with E-state index in [2.05, 4.69) is 108 Å². The van der Waals surface area contributed by atoms with Crippen molar-refractivity contribution < 1.29 is 0 Å². The second-order valence-electron chi connectivity index (χ2n) is 7.03. The van der Waals surface area contributed by atoms with Gasteiger partial charge in [0.25, 0.3) is 0 Å². The van der Waals surface area contributed by atoms with Crippen LogP contribution in [0.4, 0.5) is 17.1 Å². The highest BCUT2D eigenvalue weighted by Gasteiger charge is 2.12. The molecule has 0 N–H and O–H groups in total. The summed E-state index contributed by atoms with van der Waals surface area (Å²) < 4.78 is 0. The Morgan fingerprint density at radius 1 is 0.483 bits per heavy atom. The van der Waals surface area contributed by atoms with Gasteiger partial charge in [-0.2, -0.15) is 0 Å². The topological polar surface area (TPSA) is 3.24 Å². The summed E-state index contributed by atoms with van der Waals surface area (Å²) in [7, 11) is 0. The first kappa shape index (κ1) is 17.3. The molecule has 0 saturated heterocycles. The van der Waals surface area contributed by atoms with Gasteiger partial charge in [-0.3, -0.25) is 0 Å². The van der Waals surface area contributed by atoms with Crippen molar-refractivity contribution in [3.05, 3.63) is 127 Å². The zero-order valence-electron chi connectivity index (χ0n) is 16.0. The molecular formula is C28H20N.